The van der Waals surface area contributed by atoms with Gasteiger partial charge in [0.25, 0.3) is 0 Å². The molecule has 0 atom stereocenters. The summed E-state index contributed by atoms with van der Waals surface area (Å²) in [5.74, 6) is 1.63. The number of unbranched alkanes of at least 4 members (excludes halogenated alkanes) is 3. The zero-order chi connectivity index (χ0) is 31.2. The van der Waals surface area contributed by atoms with Crippen LogP contribution in [-0.4, -0.2) is 59.9 Å². The Morgan fingerprint density at radius 3 is 1.76 bits per heavy atom. The lowest BCUT2D eigenvalue weighted by Crippen LogP contribution is -2.40. The molecule has 5 rings (SSSR count). The molecule has 0 spiro atoms. The molecule has 4 aromatic carbocycles. The maximum absolute atomic E-state index is 12.8. The van der Waals surface area contributed by atoms with E-state index in [4.69, 9.17) is 0 Å². The lowest BCUT2D eigenvalue weighted by molar-refractivity contribution is -0.122. The Hall–Kier alpha value is -3.03. The lowest BCUT2D eigenvalue weighted by Gasteiger charge is -2.36. The molecule has 0 saturated heterocycles. The summed E-state index contributed by atoms with van der Waals surface area (Å²) in [5.41, 5.74) is 6.78. The Morgan fingerprint density at radius 2 is 1.22 bits per heavy atom. The van der Waals surface area contributed by atoms with Crippen LogP contribution < -0.4 is 5.32 Å². The minimum absolute atomic E-state index is 0.0862. The number of thiol groups is 1. The third-order valence-corrected chi connectivity index (χ3v) is 10.4. The molecule has 0 unspecified atom stereocenters. The van der Waals surface area contributed by atoms with Gasteiger partial charge in [0.05, 0.1) is 11.3 Å². The lowest BCUT2D eigenvalue weighted by atomic mass is 9.84. The number of fused-ring (bicyclic) bond motifs is 1. The molecule has 4 aromatic rings. The number of carbonyl (C=O) groups is 1. The second-order valence-corrected chi connectivity index (χ2v) is 13.6. The van der Waals surface area contributed by atoms with Crippen LogP contribution in [0.4, 0.5) is 0 Å². The summed E-state index contributed by atoms with van der Waals surface area (Å²) in [6, 6.07) is 41.4. The Balaban J connectivity index is 1.21. The van der Waals surface area contributed by atoms with E-state index in [0.29, 0.717) is 18.8 Å². The van der Waals surface area contributed by atoms with Crippen LogP contribution in [-0.2, 0) is 22.6 Å². The Labute approximate surface area is 280 Å². The smallest absolute Gasteiger partial charge is 0.234 e. The van der Waals surface area contributed by atoms with Crippen molar-refractivity contribution in [2.24, 2.45) is 0 Å². The molecule has 0 aliphatic carbocycles. The zero-order valence-electron chi connectivity index (χ0n) is 26.3. The molecular weight excluding hydrogens is 591 g/mol. The Bertz CT molecular complexity index is 1310. The van der Waals surface area contributed by atoms with E-state index in [1.54, 1.807) is 0 Å². The molecule has 6 heteroatoms. The van der Waals surface area contributed by atoms with E-state index in [1.807, 2.05) is 11.8 Å². The summed E-state index contributed by atoms with van der Waals surface area (Å²) >= 11 is 6.25. The van der Waals surface area contributed by atoms with Crippen molar-refractivity contribution in [2.75, 3.05) is 44.2 Å². The van der Waals surface area contributed by atoms with Crippen LogP contribution in [0.1, 0.15) is 53.5 Å². The standard InChI is InChI=1S/C39H47N3OS2/c43-38(40-24-28-44)32-41(25-14-1-2-15-26-42-30-33-16-12-13-17-34(33)31-42)27-29-45-39(35-18-6-3-7-19-35,36-20-8-4-9-21-36)37-22-10-5-11-23-37/h3-13,16-23,44H,1-2,14-15,24-32H2,(H,40,43). The van der Waals surface area contributed by atoms with Gasteiger partial charge in [-0.3, -0.25) is 14.6 Å². The van der Waals surface area contributed by atoms with Crippen LogP contribution in [0.25, 0.3) is 0 Å². The number of thioether (sulfide) groups is 1. The summed E-state index contributed by atoms with van der Waals surface area (Å²) in [7, 11) is 0. The molecule has 1 aliphatic heterocycles. The SMILES string of the molecule is O=C(CN(CCCCCCN1Cc2ccccc2C1)CCSC(c1ccccc1)(c1ccccc1)c1ccccc1)NCCS. The van der Waals surface area contributed by atoms with Crippen molar-refractivity contribution in [3.05, 3.63) is 143 Å². The van der Waals surface area contributed by atoms with Crippen molar-refractivity contribution in [3.63, 3.8) is 0 Å². The molecule has 45 heavy (non-hydrogen) atoms. The van der Waals surface area contributed by atoms with Gasteiger partial charge in [-0.05, 0) is 53.7 Å². The fourth-order valence-electron chi connectivity index (χ4n) is 6.41. The molecule has 1 heterocycles. The first-order valence-electron chi connectivity index (χ1n) is 16.4. The first-order chi connectivity index (χ1) is 22.2. The largest absolute Gasteiger partial charge is 0.354 e. The van der Waals surface area contributed by atoms with Crippen LogP contribution in [0.2, 0.25) is 0 Å². The molecule has 0 radical (unpaired) electrons. The van der Waals surface area contributed by atoms with Gasteiger partial charge >= 0.3 is 0 Å². The van der Waals surface area contributed by atoms with Gasteiger partial charge in [-0.15, -0.1) is 11.8 Å². The van der Waals surface area contributed by atoms with Crippen molar-refractivity contribution in [1.29, 1.82) is 0 Å². The predicted octanol–water partition coefficient (Wildman–Crippen LogP) is 7.64. The molecule has 0 bridgehead atoms. The fraction of sp³-hybridized carbons (Fsp3) is 0.359. The van der Waals surface area contributed by atoms with E-state index in [9.17, 15) is 4.79 Å². The van der Waals surface area contributed by atoms with Crippen LogP contribution in [0, 0.1) is 0 Å². The molecular formula is C39H47N3OS2. The topological polar surface area (TPSA) is 35.6 Å². The molecule has 0 aromatic heterocycles. The molecule has 236 valence electrons. The Morgan fingerprint density at radius 1 is 0.711 bits per heavy atom. The quantitative estimate of drug-likeness (QED) is 0.0668. The van der Waals surface area contributed by atoms with Crippen molar-refractivity contribution < 1.29 is 4.79 Å². The fourth-order valence-corrected chi connectivity index (χ4v) is 8.08. The third kappa shape index (κ3) is 9.26. The minimum atomic E-state index is -0.348. The van der Waals surface area contributed by atoms with Crippen LogP contribution >= 0.6 is 24.4 Å². The van der Waals surface area contributed by atoms with Crippen molar-refractivity contribution >= 4 is 30.3 Å². The summed E-state index contributed by atoms with van der Waals surface area (Å²) in [4.78, 5) is 17.7. The number of hydrogen-bond donors (Lipinski definition) is 2. The van der Waals surface area contributed by atoms with E-state index in [-0.39, 0.29) is 10.7 Å². The second-order valence-electron chi connectivity index (χ2n) is 11.9. The molecule has 1 amide bonds. The third-order valence-electron chi connectivity index (χ3n) is 8.67. The number of hydrogen-bond acceptors (Lipinski definition) is 5. The normalized spacial score (nSPS) is 13.2. The van der Waals surface area contributed by atoms with E-state index < -0.39 is 0 Å². The van der Waals surface area contributed by atoms with Gasteiger partial charge < -0.3 is 5.32 Å². The van der Waals surface area contributed by atoms with Gasteiger partial charge in [0.15, 0.2) is 0 Å². The number of carbonyl (C=O) groups excluding carboxylic acids is 1. The number of benzene rings is 4. The van der Waals surface area contributed by atoms with Gasteiger partial charge in [0, 0.05) is 37.7 Å². The number of rotatable bonds is 18. The number of amides is 1. The highest BCUT2D eigenvalue weighted by Gasteiger charge is 2.36. The van der Waals surface area contributed by atoms with Gasteiger partial charge in [-0.25, -0.2) is 0 Å². The highest BCUT2D eigenvalue weighted by atomic mass is 32.2. The minimum Gasteiger partial charge on any atom is -0.354 e. The molecule has 0 fully saturated rings. The molecule has 0 saturated carbocycles. The number of nitrogens with one attached hydrogen (secondary N) is 1. The van der Waals surface area contributed by atoms with Gasteiger partial charge in [0.1, 0.15) is 0 Å². The van der Waals surface area contributed by atoms with E-state index in [2.05, 4.69) is 143 Å². The second kappa shape index (κ2) is 17.6. The first kappa shape index (κ1) is 33.3. The van der Waals surface area contributed by atoms with Gasteiger partial charge in [-0.2, -0.15) is 12.6 Å². The predicted molar refractivity (Wildman–Crippen MR) is 194 cm³/mol. The van der Waals surface area contributed by atoms with Crippen molar-refractivity contribution in [3.8, 4) is 0 Å². The summed E-state index contributed by atoms with van der Waals surface area (Å²) < 4.78 is -0.348. The highest BCUT2D eigenvalue weighted by Crippen LogP contribution is 2.48. The van der Waals surface area contributed by atoms with Crippen LogP contribution in [0.5, 0.6) is 0 Å². The Kier molecular flexibility index (Phi) is 13.0. The van der Waals surface area contributed by atoms with Gasteiger partial charge in [0.2, 0.25) is 5.91 Å². The summed E-state index contributed by atoms with van der Waals surface area (Å²) in [6.45, 7) is 6.12. The average Bonchev–Trinajstić information content (AvgIpc) is 3.51. The maximum atomic E-state index is 12.8. The van der Waals surface area contributed by atoms with Gasteiger partial charge in [-0.1, -0.05) is 128 Å². The van der Waals surface area contributed by atoms with Crippen LogP contribution in [0.15, 0.2) is 115 Å². The molecule has 4 nitrogen and oxygen atoms in total. The van der Waals surface area contributed by atoms with Crippen molar-refractivity contribution in [1.82, 2.24) is 15.1 Å². The molecule has 1 aliphatic rings. The monoisotopic (exact) mass is 637 g/mol. The zero-order valence-corrected chi connectivity index (χ0v) is 28.0. The average molecular weight is 638 g/mol. The highest BCUT2D eigenvalue weighted by molar-refractivity contribution is 8.00. The summed E-state index contributed by atoms with van der Waals surface area (Å²) in [5, 5.41) is 3.03. The first-order valence-corrected chi connectivity index (χ1v) is 18.0. The van der Waals surface area contributed by atoms with E-state index in [1.165, 1.54) is 47.1 Å². The van der Waals surface area contributed by atoms with E-state index in [0.717, 1.165) is 44.9 Å². The van der Waals surface area contributed by atoms with Crippen molar-refractivity contribution in [2.45, 2.75) is 43.5 Å². The molecule has 1 N–H and O–H groups in total. The number of nitrogens with zero attached hydrogens (tertiary/aromatic N) is 2. The van der Waals surface area contributed by atoms with Crippen LogP contribution in [0.3, 0.4) is 0 Å². The summed E-state index contributed by atoms with van der Waals surface area (Å²) in [6.07, 6.45) is 4.73. The van der Waals surface area contributed by atoms with E-state index >= 15 is 0 Å². The maximum Gasteiger partial charge on any atom is 0.234 e.